The molecule has 1 aromatic carbocycles. The summed E-state index contributed by atoms with van der Waals surface area (Å²) < 4.78 is 4.75. The lowest BCUT2D eigenvalue weighted by atomic mass is 9.96. The summed E-state index contributed by atoms with van der Waals surface area (Å²) in [5.74, 6) is -0.284. The molecule has 0 amide bonds. The SMILES string of the molecule is COC(=O)CC(NC1CC1)C(O)c1ccc2c(c1)CCC2. The van der Waals surface area contributed by atoms with Crippen LogP contribution < -0.4 is 5.32 Å². The van der Waals surface area contributed by atoms with Crippen molar-refractivity contribution in [2.45, 2.75) is 56.7 Å². The molecule has 21 heavy (non-hydrogen) atoms. The van der Waals surface area contributed by atoms with Crippen LogP contribution >= 0.6 is 0 Å². The molecule has 0 heterocycles. The smallest absolute Gasteiger partial charge is 0.307 e. The molecule has 0 saturated heterocycles. The minimum atomic E-state index is -0.671. The van der Waals surface area contributed by atoms with Crippen molar-refractivity contribution in [2.75, 3.05) is 7.11 Å². The van der Waals surface area contributed by atoms with Crippen LogP contribution in [-0.4, -0.2) is 30.3 Å². The van der Waals surface area contributed by atoms with Crippen molar-refractivity contribution in [1.82, 2.24) is 5.32 Å². The van der Waals surface area contributed by atoms with Gasteiger partial charge in [-0.05, 0) is 48.8 Å². The fourth-order valence-corrected chi connectivity index (χ4v) is 3.09. The Bertz CT molecular complexity index is 525. The van der Waals surface area contributed by atoms with Crippen LogP contribution in [0.2, 0.25) is 0 Å². The summed E-state index contributed by atoms with van der Waals surface area (Å²) in [4.78, 5) is 11.6. The van der Waals surface area contributed by atoms with Gasteiger partial charge in [0.1, 0.15) is 0 Å². The number of rotatable bonds is 6. The molecule has 0 bridgehead atoms. The number of fused-ring (bicyclic) bond motifs is 1. The molecule has 2 atom stereocenters. The summed E-state index contributed by atoms with van der Waals surface area (Å²) in [6.45, 7) is 0. The number of nitrogens with one attached hydrogen (secondary N) is 1. The van der Waals surface area contributed by atoms with E-state index in [1.165, 1.54) is 24.7 Å². The van der Waals surface area contributed by atoms with Crippen molar-refractivity contribution in [3.8, 4) is 0 Å². The molecular formula is C17H23NO3. The molecule has 0 aromatic heterocycles. The van der Waals surface area contributed by atoms with Crippen LogP contribution in [0.1, 0.15) is 48.5 Å². The van der Waals surface area contributed by atoms with Gasteiger partial charge in [0.05, 0.1) is 19.6 Å². The predicted octanol–water partition coefficient (Wildman–Crippen LogP) is 1.89. The highest BCUT2D eigenvalue weighted by molar-refractivity contribution is 5.70. The molecule has 0 aliphatic heterocycles. The number of aliphatic hydroxyl groups is 1. The average Bonchev–Trinajstić information content (AvgIpc) is 3.19. The van der Waals surface area contributed by atoms with E-state index in [-0.39, 0.29) is 18.4 Å². The van der Waals surface area contributed by atoms with Gasteiger partial charge >= 0.3 is 5.97 Å². The zero-order chi connectivity index (χ0) is 14.8. The monoisotopic (exact) mass is 289 g/mol. The van der Waals surface area contributed by atoms with E-state index in [0.717, 1.165) is 31.2 Å². The first-order valence-electron chi connectivity index (χ1n) is 7.80. The van der Waals surface area contributed by atoms with Gasteiger partial charge in [0.2, 0.25) is 0 Å². The quantitative estimate of drug-likeness (QED) is 0.785. The number of carbonyl (C=O) groups is 1. The molecule has 1 saturated carbocycles. The summed E-state index contributed by atoms with van der Waals surface area (Å²) in [7, 11) is 1.39. The molecular weight excluding hydrogens is 266 g/mol. The van der Waals surface area contributed by atoms with Gasteiger partial charge in [0.25, 0.3) is 0 Å². The van der Waals surface area contributed by atoms with Crippen LogP contribution in [0.4, 0.5) is 0 Å². The minimum absolute atomic E-state index is 0.200. The second-order valence-electron chi connectivity index (χ2n) is 6.15. The normalized spacial score (nSPS) is 19.9. The van der Waals surface area contributed by atoms with Crippen molar-refractivity contribution in [1.29, 1.82) is 0 Å². The van der Waals surface area contributed by atoms with E-state index in [9.17, 15) is 9.90 Å². The molecule has 2 aliphatic carbocycles. The number of hydrogen-bond acceptors (Lipinski definition) is 4. The van der Waals surface area contributed by atoms with Gasteiger partial charge in [-0.15, -0.1) is 0 Å². The van der Waals surface area contributed by atoms with Crippen molar-refractivity contribution in [3.05, 3.63) is 34.9 Å². The fraction of sp³-hybridized carbons (Fsp3) is 0.588. The van der Waals surface area contributed by atoms with Gasteiger partial charge in [-0.3, -0.25) is 4.79 Å². The van der Waals surface area contributed by atoms with E-state index in [4.69, 9.17) is 4.74 Å². The molecule has 2 N–H and O–H groups in total. The molecule has 114 valence electrons. The lowest BCUT2D eigenvalue weighted by Crippen LogP contribution is -2.38. The molecule has 0 spiro atoms. The maximum absolute atomic E-state index is 11.6. The van der Waals surface area contributed by atoms with E-state index in [2.05, 4.69) is 17.4 Å². The molecule has 4 heteroatoms. The minimum Gasteiger partial charge on any atom is -0.469 e. The number of aliphatic hydroxyl groups excluding tert-OH is 1. The number of hydrogen-bond donors (Lipinski definition) is 2. The van der Waals surface area contributed by atoms with Crippen LogP contribution in [0, 0.1) is 0 Å². The summed E-state index contributed by atoms with van der Waals surface area (Å²) in [6, 6.07) is 6.38. The third-order valence-corrected chi connectivity index (χ3v) is 4.49. The van der Waals surface area contributed by atoms with E-state index in [1.54, 1.807) is 0 Å². The van der Waals surface area contributed by atoms with Gasteiger partial charge in [0.15, 0.2) is 0 Å². The Morgan fingerprint density at radius 1 is 1.38 bits per heavy atom. The molecule has 1 fully saturated rings. The van der Waals surface area contributed by atoms with Crippen molar-refractivity contribution in [2.24, 2.45) is 0 Å². The second-order valence-corrected chi connectivity index (χ2v) is 6.15. The van der Waals surface area contributed by atoms with Gasteiger partial charge in [0, 0.05) is 12.1 Å². The Morgan fingerprint density at radius 3 is 2.86 bits per heavy atom. The Kier molecular flexibility index (Phi) is 4.27. The van der Waals surface area contributed by atoms with Gasteiger partial charge in [-0.25, -0.2) is 0 Å². The predicted molar refractivity (Wildman–Crippen MR) is 80.0 cm³/mol. The summed E-state index contributed by atoms with van der Waals surface area (Å²) in [5.41, 5.74) is 3.64. The standard InChI is InChI=1S/C17H23NO3/c1-21-16(19)10-15(18-14-7-8-14)17(20)13-6-5-11-3-2-4-12(11)9-13/h5-6,9,14-15,17-18,20H,2-4,7-8,10H2,1H3. The zero-order valence-electron chi connectivity index (χ0n) is 12.5. The van der Waals surface area contributed by atoms with E-state index < -0.39 is 6.10 Å². The number of benzene rings is 1. The van der Waals surface area contributed by atoms with E-state index >= 15 is 0 Å². The topological polar surface area (TPSA) is 58.6 Å². The second kappa shape index (κ2) is 6.16. The van der Waals surface area contributed by atoms with Crippen LogP contribution in [0.15, 0.2) is 18.2 Å². The van der Waals surface area contributed by atoms with E-state index in [1.807, 2.05) is 6.07 Å². The highest BCUT2D eigenvalue weighted by Gasteiger charge is 2.31. The molecule has 1 aromatic rings. The summed E-state index contributed by atoms with van der Waals surface area (Å²) in [6.07, 6.45) is 5.19. The van der Waals surface area contributed by atoms with Crippen molar-refractivity contribution >= 4 is 5.97 Å². The Morgan fingerprint density at radius 2 is 2.14 bits per heavy atom. The number of carbonyl (C=O) groups excluding carboxylic acids is 1. The number of aryl methyl sites for hydroxylation is 2. The zero-order valence-corrected chi connectivity index (χ0v) is 12.5. The first-order chi connectivity index (χ1) is 10.2. The lowest BCUT2D eigenvalue weighted by Gasteiger charge is -2.24. The van der Waals surface area contributed by atoms with Gasteiger partial charge in [-0.2, -0.15) is 0 Å². The summed E-state index contributed by atoms with van der Waals surface area (Å²) >= 11 is 0. The van der Waals surface area contributed by atoms with Crippen LogP contribution in [-0.2, 0) is 22.4 Å². The fourth-order valence-electron chi connectivity index (χ4n) is 3.09. The highest BCUT2D eigenvalue weighted by Crippen LogP contribution is 2.29. The van der Waals surface area contributed by atoms with Crippen LogP contribution in [0.25, 0.3) is 0 Å². The molecule has 3 rings (SSSR count). The highest BCUT2D eigenvalue weighted by atomic mass is 16.5. The molecule has 4 nitrogen and oxygen atoms in total. The van der Waals surface area contributed by atoms with Crippen LogP contribution in [0.5, 0.6) is 0 Å². The van der Waals surface area contributed by atoms with Gasteiger partial charge in [-0.1, -0.05) is 18.2 Å². The summed E-state index contributed by atoms with van der Waals surface area (Å²) in [5, 5.41) is 14.0. The Balaban J connectivity index is 1.75. The van der Waals surface area contributed by atoms with E-state index in [0.29, 0.717) is 6.04 Å². The third-order valence-electron chi connectivity index (χ3n) is 4.49. The first kappa shape index (κ1) is 14.5. The molecule has 2 unspecified atom stereocenters. The van der Waals surface area contributed by atoms with Crippen LogP contribution in [0.3, 0.4) is 0 Å². The average molecular weight is 289 g/mol. The Hall–Kier alpha value is -1.39. The molecule has 2 aliphatic rings. The number of ether oxygens (including phenoxy) is 1. The first-order valence-corrected chi connectivity index (χ1v) is 7.80. The number of methoxy groups -OCH3 is 1. The third kappa shape index (κ3) is 3.44. The maximum atomic E-state index is 11.6. The van der Waals surface area contributed by atoms with Gasteiger partial charge < -0.3 is 15.2 Å². The Labute approximate surface area is 125 Å². The molecule has 0 radical (unpaired) electrons. The maximum Gasteiger partial charge on any atom is 0.307 e. The number of esters is 1. The van der Waals surface area contributed by atoms with Crippen molar-refractivity contribution in [3.63, 3.8) is 0 Å². The largest absolute Gasteiger partial charge is 0.469 e. The van der Waals surface area contributed by atoms with Crippen molar-refractivity contribution < 1.29 is 14.6 Å². The lowest BCUT2D eigenvalue weighted by molar-refractivity contribution is -0.142.